The van der Waals surface area contributed by atoms with E-state index in [4.69, 9.17) is 20.9 Å². The number of nitrogens with one attached hydrogen (secondary N) is 2. The summed E-state index contributed by atoms with van der Waals surface area (Å²) in [7, 11) is 3.24. The number of hydrogen-bond acceptors (Lipinski definition) is 4. The van der Waals surface area contributed by atoms with Crippen molar-refractivity contribution in [2.45, 2.75) is 0 Å². The predicted octanol–water partition coefficient (Wildman–Crippen LogP) is 4.41. The Morgan fingerprint density at radius 1 is 0.645 bits per heavy atom. The molecule has 8 nitrogen and oxygen atoms in total. The number of aliphatic imine (C=N–C) groups is 2. The van der Waals surface area contributed by atoms with E-state index in [2.05, 4.69) is 20.6 Å². The molecule has 31 heavy (non-hydrogen) atoms. The topological polar surface area (TPSA) is 119 Å². The Labute approximate surface area is 187 Å². The van der Waals surface area contributed by atoms with Gasteiger partial charge in [-0.15, -0.1) is 12.4 Å². The van der Waals surface area contributed by atoms with Crippen molar-refractivity contribution in [2.24, 2.45) is 21.5 Å². The van der Waals surface area contributed by atoms with Gasteiger partial charge in [0.25, 0.3) is 0 Å². The Kier molecular flexibility index (Phi) is 8.53. The van der Waals surface area contributed by atoms with E-state index in [9.17, 15) is 0 Å². The Hall–Kier alpha value is -3.91. The first-order valence-corrected chi connectivity index (χ1v) is 9.20. The summed E-state index contributed by atoms with van der Waals surface area (Å²) in [6.07, 6.45) is 0. The number of guanidine groups is 2. The number of anilines is 2. The molecular formula is C22H25ClN6O2. The molecule has 0 bridgehead atoms. The maximum Gasteiger partial charge on any atom is 0.192 e. The van der Waals surface area contributed by atoms with Crippen molar-refractivity contribution in [1.29, 1.82) is 0 Å². The van der Waals surface area contributed by atoms with E-state index in [-0.39, 0.29) is 12.4 Å². The van der Waals surface area contributed by atoms with Crippen LogP contribution in [0.15, 0.2) is 82.8 Å². The maximum atomic E-state index is 5.91. The molecule has 0 amide bonds. The van der Waals surface area contributed by atoms with E-state index in [0.717, 1.165) is 11.4 Å². The lowest BCUT2D eigenvalue weighted by Gasteiger charge is -2.11. The van der Waals surface area contributed by atoms with Gasteiger partial charge in [-0.3, -0.25) is 9.98 Å². The molecule has 0 atom stereocenters. The Balaban J connectivity index is 0.00000341. The molecule has 6 N–H and O–H groups in total. The number of benzene rings is 3. The molecule has 162 valence electrons. The first kappa shape index (κ1) is 23.4. The third kappa shape index (κ3) is 7.13. The SMILES string of the molecule is CN=C(N)Nc1ccc(Oc2cccc(Oc3ccc(NC(N)=NC)cc3)c2)cc1.Cl. The van der Waals surface area contributed by atoms with E-state index in [1.807, 2.05) is 72.8 Å². The quantitative estimate of drug-likeness (QED) is 0.333. The average Bonchev–Trinajstić information content (AvgIpc) is 2.76. The molecule has 0 aliphatic heterocycles. The number of nitrogens with zero attached hydrogens (tertiary/aromatic N) is 2. The molecule has 9 heteroatoms. The second-order valence-corrected chi connectivity index (χ2v) is 6.20. The van der Waals surface area contributed by atoms with Gasteiger partial charge in [0.05, 0.1) is 0 Å². The van der Waals surface area contributed by atoms with Crippen LogP contribution in [0.1, 0.15) is 0 Å². The van der Waals surface area contributed by atoms with Gasteiger partial charge in [-0.2, -0.15) is 0 Å². The lowest BCUT2D eigenvalue weighted by atomic mass is 10.3. The van der Waals surface area contributed by atoms with Crippen molar-refractivity contribution in [3.05, 3.63) is 72.8 Å². The summed E-state index contributed by atoms with van der Waals surface area (Å²) >= 11 is 0. The van der Waals surface area contributed by atoms with Crippen LogP contribution in [0, 0.1) is 0 Å². The Morgan fingerprint density at radius 2 is 1.03 bits per heavy atom. The van der Waals surface area contributed by atoms with E-state index in [0.29, 0.717) is 34.9 Å². The first-order valence-electron chi connectivity index (χ1n) is 9.20. The molecule has 0 saturated heterocycles. The largest absolute Gasteiger partial charge is 0.457 e. The number of nitrogens with two attached hydrogens (primary N) is 2. The molecule has 0 radical (unpaired) electrons. The zero-order valence-electron chi connectivity index (χ0n) is 17.2. The van der Waals surface area contributed by atoms with E-state index in [1.165, 1.54) is 0 Å². The van der Waals surface area contributed by atoms with Crippen molar-refractivity contribution in [2.75, 3.05) is 24.7 Å². The highest BCUT2D eigenvalue weighted by Gasteiger charge is 2.03. The van der Waals surface area contributed by atoms with Crippen molar-refractivity contribution < 1.29 is 9.47 Å². The highest BCUT2D eigenvalue weighted by Crippen LogP contribution is 2.29. The summed E-state index contributed by atoms with van der Waals surface area (Å²) in [5.74, 6) is 3.39. The van der Waals surface area contributed by atoms with Gasteiger partial charge in [0, 0.05) is 31.5 Å². The Morgan fingerprint density at radius 3 is 1.39 bits per heavy atom. The summed E-state index contributed by atoms with van der Waals surface area (Å²) in [5.41, 5.74) is 13.0. The summed E-state index contributed by atoms with van der Waals surface area (Å²) in [6.45, 7) is 0. The smallest absolute Gasteiger partial charge is 0.192 e. The molecule has 0 aliphatic carbocycles. The molecule has 0 spiro atoms. The van der Waals surface area contributed by atoms with Crippen molar-refractivity contribution in [3.8, 4) is 23.0 Å². The van der Waals surface area contributed by atoms with E-state index >= 15 is 0 Å². The van der Waals surface area contributed by atoms with Crippen LogP contribution >= 0.6 is 12.4 Å². The third-order valence-electron chi connectivity index (χ3n) is 4.01. The van der Waals surface area contributed by atoms with Crippen LogP contribution in [0.4, 0.5) is 11.4 Å². The van der Waals surface area contributed by atoms with Gasteiger partial charge in [-0.1, -0.05) is 6.07 Å². The van der Waals surface area contributed by atoms with Crippen LogP contribution in [-0.2, 0) is 0 Å². The summed E-state index contributed by atoms with van der Waals surface area (Å²) in [4.78, 5) is 7.73. The molecule has 0 fully saturated rings. The molecular weight excluding hydrogens is 416 g/mol. The predicted molar refractivity (Wildman–Crippen MR) is 129 cm³/mol. The Bertz CT molecular complexity index is 956. The van der Waals surface area contributed by atoms with Gasteiger partial charge < -0.3 is 31.6 Å². The second-order valence-electron chi connectivity index (χ2n) is 6.20. The summed E-state index contributed by atoms with van der Waals surface area (Å²) < 4.78 is 11.8. The maximum absolute atomic E-state index is 5.91. The van der Waals surface area contributed by atoms with Gasteiger partial charge in [-0.25, -0.2) is 0 Å². The molecule has 3 aromatic carbocycles. The zero-order chi connectivity index (χ0) is 21.3. The summed E-state index contributed by atoms with van der Waals surface area (Å²) in [6, 6.07) is 22.2. The van der Waals surface area contributed by atoms with Crippen LogP contribution in [0.5, 0.6) is 23.0 Å². The van der Waals surface area contributed by atoms with Gasteiger partial charge in [0.1, 0.15) is 23.0 Å². The highest BCUT2D eigenvalue weighted by atomic mass is 35.5. The normalized spacial score (nSPS) is 11.3. The highest BCUT2D eigenvalue weighted by molar-refractivity contribution is 5.92. The van der Waals surface area contributed by atoms with Crippen LogP contribution in [-0.4, -0.2) is 26.0 Å². The van der Waals surface area contributed by atoms with Crippen molar-refractivity contribution in [3.63, 3.8) is 0 Å². The summed E-state index contributed by atoms with van der Waals surface area (Å²) in [5, 5.41) is 5.94. The van der Waals surface area contributed by atoms with Crippen molar-refractivity contribution in [1.82, 2.24) is 0 Å². The number of rotatable bonds is 6. The number of halogens is 1. The lowest BCUT2D eigenvalue weighted by Crippen LogP contribution is -2.21. The first-order chi connectivity index (χ1) is 14.6. The molecule has 0 heterocycles. The van der Waals surface area contributed by atoms with Gasteiger partial charge in [0.15, 0.2) is 11.9 Å². The molecule has 3 rings (SSSR count). The average molecular weight is 441 g/mol. The third-order valence-corrected chi connectivity index (χ3v) is 4.01. The molecule has 0 saturated carbocycles. The number of ether oxygens (including phenoxy) is 2. The lowest BCUT2D eigenvalue weighted by molar-refractivity contribution is 0.460. The van der Waals surface area contributed by atoms with E-state index < -0.39 is 0 Å². The minimum Gasteiger partial charge on any atom is -0.457 e. The van der Waals surface area contributed by atoms with Crippen LogP contribution in [0.3, 0.4) is 0 Å². The van der Waals surface area contributed by atoms with E-state index in [1.54, 1.807) is 14.1 Å². The van der Waals surface area contributed by atoms with Gasteiger partial charge in [0.2, 0.25) is 0 Å². The van der Waals surface area contributed by atoms with Crippen LogP contribution < -0.4 is 31.6 Å². The molecule has 3 aromatic rings. The van der Waals surface area contributed by atoms with Gasteiger partial charge >= 0.3 is 0 Å². The van der Waals surface area contributed by atoms with Crippen molar-refractivity contribution >= 4 is 35.7 Å². The molecule has 0 aromatic heterocycles. The van der Waals surface area contributed by atoms with Gasteiger partial charge in [-0.05, 0) is 60.7 Å². The number of hydrogen-bond donors (Lipinski definition) is 4. The van der Waals surface area contributed by atoms with Crippen LogP contribution in [0.25, 0.3) is 0 Å². The fourth-order valence-corrected chi connectivity index (χ4v) is 2.49. The van der Waals surface area contributed by atoms with Crippen LogP contribution in [0.2, 0.25) is 0 Å². The molecule has 0 aliphatic rings. The minimum absolute atomic E-state index is 0. The standard InChI is InChI=1S/C22H24N6O2.ClH/c1-25-21(23)27-15-6-10-17(11-7-15)29-19-4-3-5-20(14-19)30-18-12-8-16(9-13-18)28-22(24)26-2;/h3-14H,1-2H3,(H3,23,25,27)(H3,24,26,28);1H. The second kappa shape index (κ2) is 11.3. The monoisotopic (exact) mass is 440 g/mol. The minimum atomic E-state index is 0. The fourth-order valence-electron chi connectivity index (χ4n) is 2.49. The zero-order valence-corrected chi connectivity index (χ0v) is 18.0. The molecule has 0 unspecified atom stereocenters. The fraction of sp³-hybridized carbons (Fsp3) is 0.0909.